The Morgan fingerprint density at radius 2 is 2.42 bits per heavy atom. The van der Waals surface area contributed by atoms with Crippen LogP contribution in [0.4, 0.5) is 0 Å². The van der Waals surface area contributed by atoms with Crippen LogP contribution < -0.4 is 5.32 Å². The maximum atomic E-state index is 12.0. The number of hydrogen-bond acceptors (Lipinski definition) is 4. The molecular weight excluding hydrogens is 268 g/mol. The molecule has 1 N–H and O–H groups in total. The smallest absolute Gasteiger partial charge is 0.255 e. The third-order valence-electron chi connectivity index (χ3n) is 2.66. The van der Waals surface area contributed by atoms with Gasteiger partial charge in [-0.3, -0.25) is 9.78 Å². The first-order valence-electron chi connectivity index (χ1n) is 5.91. The molecule has 7 heteroatoms. The van der Waals surface area contributed by atoms with E-state index in [1.807, 2.05) is 0 Å². The van der Waals surface area contributed by atoms with E-state index in [0.29, 0.717) is 30.7 Å². The number of rotatable bonds is 6. The van der Waals surface area contributed by atoms with Gasteiger partial charge in [-0.05, 0) is 6.42 Å². The van der Waals surface area contributed by atoms with E-state index in [0.717, 1.165) is 0 Å². The molecule has 6 nitrogen and oxygen atoms in total. The van der Waals surface area contributed by atoms with Crippen LogP contribution in [0.1, 0.15) is 16.8 Å². The van der Waals surface area contributed by atoms with E-state index < -0.39 is 0 Å². The molecule has 2 aromatic heterocycles. The molecular formula is C12H15ClN4O2. The minimum atomic E-state index is -0.177. The Morgan fingerprint density at radius 3 is 3.21 bits per heavy atom. The van der Waals surface area contributed by atoms with Crippen molar-refractivity contribution in [3.8, 4) is 0 Å². The van der Waals surface area contributed by atoms with Crippen LogP contribution in [-0.4, -0.2) is 46.1 Å². The average molecular weight is 283 g/mol. The fourth-order valence-corrected chi connectivity index (χ4v) is 1.95. The molecule has 0 saturated carbocycles. The maximum absolute atomic E-state index is 12.0. The van der Waals surface area contributed by atoms with Gasteiger partial charge in [-0.1, -0.05) is 0 Å². The van der Waals surface area contributed by atoms with E-state index in [2.05, 4.69) is 15.4 Å². The number of aromatic nitrogens is 3. The van der Waals surface area contributed by atoms with Gasteiger partial charge in [0.15, 0.2) is 0 Å². The third-order valence-corrected chi connectivity index (χ3v) is 3.00. The fourth-order valence-electron chi connectivity index (χ4n) is 1.71. The summed E-state index contributed by atoms with van der Waals surface area (Å²) in [5.41, 5.74) is 1.19. The van der Waals surface area contributed by atoms with Crippen molar-refractivity contribution in [3.63, 3.8) is 0 Å². The zero-order chi connectivity index (χ0) is 13.7. The van der Waals surface area contributed by atoms with Gasteiger partial charge < -0.3 is 10.1 Å². The minimum Gasteiger partial charge on any atom is -0.383 e. The Kier molecular flexibility index (Phi) is 4.70. The van der Waals surface area contributed by atoms with E-state index in [-0.39, 0.29) is 11.3 Å². The summed E-state index contributed by atoms with van der Waals surface area (Å²) in [6.07, 6.45) is 7.10. The first-order chi connectivity index (χ1) is 9.22. The molecule has 0 aliphatic carbocycles. The largest absolute Gasteiger partial charge is 0.383 e. The summed E-state index contributed by atoms with van der Waals surface area (Å²) in [5.74, 6) is -0.177. The predicted octanol–water partition coefficient (Wildman–Crippen LogP) is 1.10. The number of carbonyl (C=O) groups is 1. The number of methoxy groups -OCH3 is 1. The van der Waals surface area contributed by atoms with Crippen molar-refractivity contribution in [2.75, 3.05) is 20.3 Å². The van der Waals surface area contributed by atoms with Crippen LogP contribution in [0.15, 0.2) is 24.8 Å². The number of ether oxygens (including phenoxy) is 1. The van der Waals surface area contributed by atoms with Gasteiger partial charge in [0.1, 0.15) is 0 Å². The predicted molar refractivity (Wildman–Crippen MR) is 71.5 cm³/mol. The second kappa shape index (κ2) is 6.49. The lowest BCUT2D eigenvalue weighted by Gasteiger charge is -2.08. The summed E-state index contributed by atoms with van der Waals surface area (Å²) in [4.78, 5) is 16.0. The van der Waals surface area contributed by atoms with Crippen molar-refractivity contribution in [2.45, 2.75) is 11.8 Å². The Bertz CT molecular complexity index is 557. The van der Waals surface area contributed by atoms with Crippen LogP contribution in [0.3, 0.4) is 0 Å². The first-order valence-corrected chi connectivity index (χ1v) is 6.34. The third kappa shape index (κ3) is 3.42. The van der Waals surface area contributed by atoms with Crippen LogP contribution in [0, 0.1) is 0 Å². The summed E-state index contributed by atoms with van der Waals surface area (Å²) < 4.78 is 6.53. The summed E-state index contributed by atoms with van der Waals surface area (Å²) >= 11 is 5.98. The summed E-state index contributed by atoms with van der Waals surface area (Å²) in [6.45, 7) is 0.964. The SMILES string of the molecule is COCC(Cl)CCNC(=O)c1cnn2ccncc12. The molecule has 1 unspecified atom stereocenters. The van der Waals surface area contributed by atoms with Gasteiger partial charge in [0.2, 0.25) is 0 Å². The number of hydrogen-bond donors (Lipinski definition) is 1. The standard InChI is InChI=1S/C12H15ClN4O2/c1-19-8-9(13)2-3-15-12(18)10-6-16-17-5-4-14-7-11(10)17/h4-7,9H,2-3,8H2,1H3,(H,15,18). The molecule has 102 valence electrons. The molecule has 2 heterocycles. The van der Waals surface area contributed by atoms with Crippen LogP contribution in [-0.2, 0) is 4.74 Å². The van der Waals surface area contributed by atoms with Gasteiger partial charge >= 0.3 is 0 Å². The van der Waals surface area contributed by atoms with Gasteiger partial charge in [-0.15, -0.1) is 11.6 Å². The van der Waals surface area contributed by atoms with E-state index in [1.54, 1.807) is 30.2 Å². The molecule has 0 fully saturated rings. The number of halogens is 1. The maximum Gasteiger partial charge on any atom is 0.255 e. The normalized spacial score (nSPS) is 12.5. The molecule has 0 saturated heterocycles. The second-order valence-corrected chi connectivity index (χ2v) is 4.68. The van der Waals surface area contributed by atoms with Gasteiger partial charge in [0, 0.05) is 26.0 Å². The molecule has 0 aromatic carbocycles. The number of carbonyl (C=O) groups excluding carboxylic acids is 1. The number of fused-ring (bicyclic) bond motifs is 1. The van der Waals surface area contributed by atoms with Crippen LogP contribution >= 0.6 is 11.6 Å². The highest BCUT2D eigenvalue weighted by Crippen LogP contribution is 2.08. The monoisotopic (exact) mass is 282 g/mol. The number of nitrogens with zero attached hydrogens (tertiary/aromatic N) is 3. The van der Waals surface area contributed by atoms with Gasteiger partial charge in [0.25, 0.3) is 5.91 Å². The highest BCUT2D eigenvalue weighted by Gasteiger charge is 2.12. The van der Waals surface area contributed by atoms with Crippen LogP contribution in [0.25, 0.3) is 5.52 Å². The van der Waals surface area contributed by atoms with Crippen molar-refractivity contribution in [2.24, 2.45) is 0 Å². The van der Waals surface area contributed by atoms with E-state index in [1.165, 1.54) is 6.20 Å². The van der Waals surface area contributed by atoms with E-state index in [9.17, 15) is 4.79 Å². The molecule has 0 radical (unpaired) electrons. The lowest BCUT2D eigenvalue weighted by atomic mass is 10.2. The molecule has 1 amide bonds. The van der Waals surface area contributed by atoms with Gasteiger partial charge in [0.05, 0.1) is 35.5 Å². The summed E-state index contributed by atoms with van der Waals surface area (Å²) in [7, 11) is 1.60. The zero-order valence-corrected chi connectivity index (χ0v) is 11.3. The molecule has 2 aromatic rings. The topological polar surface area (TPSA) is 68.5 Å². The van der Waals surface area contributed by atoms with E-state index in [4.69, 9.17) is 16.3 Å². The molecule has 0 aliphatic rings. The quantitative estimate of drug-likeness (QED) is 0.806. The first kappa shape index (κ1) is 13.8. The van der Waals surface area contributed by atoms with Crippen molar-refractivity contribution < 1.29 is 9.53 Å². The van der Waals surface area contributed by atoms with Crippen molar-refractivity contribution in [3.05, 3.63) is 30.4 Å². The Labute approximate surface area is 115 Å². The average Bonchev–Trinajstić information content (AvgIpc) is 2.82. The van der Waals surface area contributed by atoms with Gasteiger partial charge in [-0.25, -0.2) is 4.52 Å². The Morgan fingerprint density at radius 1 is 1.58 bits per heavy atom. The molecule has 1 atom stereocenters. The van der Waals surface area contributed by atoms with Crippen molar-refractivity contribution in [1.82, 2.24) is 19.9 Å². The summed E-state index contributed by atoms with van der Waals surface area (Å²) in [5, 5.41) is 6.79. The van der Waals surface area contributed by atoms with Crippen molar-refractivity contribution >= 4 is 23.0 Å². The molecule has 19 heavy (non-hydrogen) atoms. The minimum absolute atomic E-state index is 0.101. The Balaban J connectivity index is 1.93. The molecule has 0 spiro atoms. The Hall–Kier alpha value is -1.66. The highest BCUT2D eigenvalue weighted by molar-refractivity contribution is 6.20. The number of alkyl halides is 1. The zero-order valence-electron chi connectivity index (χ0n) is 10.5. The lowest BCUT2D eigenvalue weighted by molar-refractivity contribution is 0.0953. The van der Waals surface area contributed by atoms with E-state index >= 15 is 0 Å². The molecule has 0 aliphatic heterocycles. The number of nitrogens with one attached hydrogen (secondary N) is 1. The highest BCUT2D eigenvalue weighted by atomic mass is 35.5. The molecule has 0 bridgehead atoms. The fraction of sp³-hybridized carbons (Fsp3) is 0.417. The van der Waals surface area contributed by atoms with Crippen LogP contribution in [0.5, 0.6) is 0 Å². The van der Waals surface area contributed by atoms with Gasteiger partial charge in [-0.2, -0.15) is 5.10 Å². The van der Waals surface area contributed by atoms with Crippen LogP contribution in [0.2, 0.25) is 0 Å². The summed E-state index contributed by atoms with van der Waals surface area (Å²) in [6, 6.07) is 0. The lowest BCUT2D eigenvalue weighted by Crippen LogP contribution is -2.26. The number of amides is 1. The second-order valence-electron chi connectivity index (χ2n) is 4.06. The molecule has 2 rings (SSSR count). The van der Waals surface area contributed by atoms with Crippen molar-refractivity contribution in [1.29, 1.82) is 0 Å².